The number of amides is 2. The molecule has 0 unspecified atom stereocenters. The number of benzene rings is 1. The second-order valence-electron chi connectivity index (χ2n) is 5.13. The van der Waals surface area contributed by atoms with Gasteiger partial charge in [0.2, 0.25) is 5.91 Å². The van der Waals surface area contributed by atoms with Crippen LogP contribution in [0.1, 0.15) is 17.3 Å². The van der Waals surface area contributed by atoms with E-state index in [1.165, 1.54) is 6.07 Å². The molecular formula is C15H19F2N3O2. The minimum absolute atomic E-state index is 0.0116. The molecular weight excluding hydrogens is 292 g/mol. The van der Waals surface area contributed by atoms with Crippen LogP contribution in [0, 0.1) is 11.6 Å². The van der Waals surface area contributed by atoms with Crippen molar-refractivity contribution in [2.24, 2.45) is 0 Å². The van der Waals surface area contributed by atoms with Crippen molar-refractivity contribution in [3.05, 3.63) is 35.4 Å². The third kappa shape index (κ3) is 4.00. The Kier molecular flexibility index (Phi) is 5.43. The van der Waals surface area contributed by atoms with Gasteiger partial charge >= 0.3 is 0 Å². The molecule has 7 heteroatoms. The van der Waals surface area contributed by atoms with Crippen molar-refractivity contribution in [3.8, 4) is 0 Å². The lowest BCUT2D eigenvalue weighted by Gasteiger charge is -2.34. The third-order valence-electron chi connectivity index (χ3n) is 3.75. The van der Waals surface area contributed by atoms with Gasteiger partial charge in [0.05, 0.1) is 6.54 Å². The second kappa shape index (κ2) is 7.31. The first-order chi connectivity index (χ1) is 10.5. The normalized spacial score (nSPS) is 15.7. The quantitative estimate of drug-likeness (QED) is 0.897. The predicted molar refractivity (Wildman–Crippen MR) is 77.4 cm³/mol. The molecule has 0 aromatic heterocycles. The van der Waals surface area contributed by atoms with Gasteiger partial charge in [-0.1, -0.05) is 6.92 Å². The summed E-state index contributed by atoms with van der Waals surface area (Å²) in [6, 6.07) is 2.88. The van der Waals surface area contributed by atoms with Crippen LogP contribution in [0.2, 0.25) is 0 Å². The summed E-state index contributed by atoms with van der Waals surface area (Å²) in [6.07, 6.45) is 0. The van der Waals surface area contributed by atoms with Crippen LogP contribution >= 0.6 is 0 Å². The molecule has 120 valence electrons. The van der Waals surface area contributed by atoms with E-state index < -0.39 is 17.5 Å². The Morgan fingerprint density at radius 3 is 2.41 bits per heavy atom. The summed E-state index contributed by atoms with van der Waals surface area (Å²) in [5, 5.41) is 2.44. The first-order valence-corrected chi connectivity index (χ1v) is 7.24. The Morgan fingerprint density at radius 2 is 1.82 bits per heavy atom. The molecule has 0 radical (unpaired) electrons. The Hall–Kier alpha value is -2.02. The van der Waals surface area contributed by atoms with E-state index in [0.717, 1.165) is 31.8 Å². The summed E-state index contributed by atoms with van der Waals surface area (Å²) in [5.41, 5.74) is -0.0116. The van der Waals surface area contributed by atoms with Crippen molar-refractivity contribution in [3.63, 3.8) is 0 Å². The van der Waals surface area contributed by atoms with Gasteiger partial charge in [-0.3, -0.25) is 9.59 Å². The standard InChI is InChI=1S/C15H19F2N3O2/c1-2-19-5-7-20(8-6-19)14(21)10-18-15(22)11-3-4-12(16)13(17)9-11/h3-4,9H,2,5-8,10H2,1H3,(H,18,22). The van der Waals surface area contributed by atoms with E-state index in [0.29, 0.717) is 13.1 Å². The van der Waals surface area contributed by atoms with E-state index in [4.69, 9.17) is 0 Å². The molecule has 0 spiro atoms. The molecule has 5 nitrogen and oxygen atoms in total. The van der Waals surface area contributed by atoms with Crippen LogP contribution in [-0.4, -0.2) is 60.9 Å². The van der Waals surface area contributed by atoms with Gasteiger partial charge in [0.1, 0.15) is 0 Å². The zero-order chi connectivity index (χ0) is 16.1. The van der Waals surface area contributed by atoms with E-state index in [1.807, 2.05) is 0 Å². The number of nitrogens with zero attached hydrogens (tertiary/aromatic N) is 2. The molecule has 22 heavy (non-hydrogen) atoms. The fourth-order valence-electron chi connectivity index (χ4n) is 2.32. The summed E-state index contributed by atoms with van der Waals surface area (Å²) >= 11 is 0. The maximum absolute atomic E-state index is 13.1. The molecule has 1 fully saturated rings. The van der Waals surface area contributed by atoms with Crippen LogP contribution in [0.3, 0.4) is 0 Å². The lowest BCUT2D eigenvalue weighted by Crippen LogP contribution is -2.51. The molecule has 0 saturated carbocycles. The van der Waals surface area contributed by atoms with Crippen LogP contribution in [0.25, 0.3) is 0 Å². The monoisotopic (exact) mass is 311 g/mol. The minimum atomic E-state index is -1.09. The molecule has 1 saturated heterocycles. The van der Waals surface area contributed by atoms with Crippen LogP contribution in [0.5, 0.6) is 0 Å². The summed E-state index contributed by atoms with van der Waals surface area (Å²) in [6.45, 7) is 5.78. The van der Waals surface area contributed by atoms with Gasteiger partial charge in [0, 0.05) is 31.7 Å². The lowest BCUT2D eigenvalue weighted by molar-refractivity contribution is -0.131. The highest BCUT2D eigenvalue weighted by molar-refractivity contribution is 5.96. The highest BCUT2D eigenvalue weighted by Gasteiger charge is 2.20. The van der Waals surface area contributed by atoms with Crippen molar-refractivity contribution in [1.29, 1.82) is 0 Å². The van der Waals surface area contributed by atoms with Crippen molar-refractivity contribution < 1.29 is 18.4 Å². The molecule has 1 aromatic carbocycles. The van der Waals surface area contributed by atoms with Gasteiger partial charge < -0.3 is 15.1 Å². The van der Waals surface area contributed by atoms with Gasteiger partial charge in [-0.25, -0.2) is 8.78 Å². The molecule has 2 rings (SSSR count). The molecule has 1 heterocycles. The zero-order valence-corrected chi connectivity index (χ0v) is 12.4. The molecule has 1 aliphatic heterocycles. The number of halogens is 2. The Morgan fingerprint density at radius 1 is 1.14 bits per heavy atom. The number of hydrogen-bond acceptors (Lipinski definition) is 3. The highest BCUT2D eigenvalue weighted by atomic mass is 19.2. The lowest BCUT2D eigenvalue weighted by atomic mass is 10.2. The first kappa shape index (κ1) is 16.4. The van der Waals surface area contributed by atoms with Gasteiger partial charge in [-0.2, -0.15) is 0 Å². The smallest absolute Gasteiger partial charge is 0.251 e. The molecule has 1 N–H and O–H groups in total. The van der Waals surface area contributed by atoms with Crippen LogP contribution in [-0.2, 0) is 4.79 Å². The number of nitrogens with one attached hydrogen (secondary N) is 1. The number of rotatable bonds is 4. The molecule has 0 atom stereocenters. The first-order valence-electron chi connectivity index (χ1n) is 7.24. The number of carbonyl (C=O) groups is 2. The maximum Gasteiger partial charge on any atom is 0.251 e. The van der Waals surface area contributed by atoms with E-state index in [-0.39, 0.29) is 18.0 Å². The van der Waals surface area contributed by atoms with E-state index >= 15 is 0 Å². The minimum Gasteiger partial charge on any atom is -0.343 e. The van der Waals surface area contributed by atoms with Crippen LogP contribution < -0.4 is 5.32 Å². The second-order valence-corrected chi connectivity index (χ2v) is 5.13. The third-order valence-corrected chi connectivity index (χ3v) is 3.75. The molecule has 1 aliphatic rings. The van der Waals surface area contributed by atoms with Gasteiger partial charge in [-0.05, 0) is 24.7 Å². The van der Waals surface area contributed by atoms with Gasteiger partial charge in [0.15, 0.2) is 11.6 Å². The van der Waals surface area contributed by atoms with Crippen molar-refractivity contribution in [2.45, 2.75) is 6.92 Å². The van der Waals surface area contributed by atoms with Crippen molar-refractivity contribution >= 4 is 11.8 Å². The largest absolute Gasteiger partial charge is 0.343 e. The molecule has 0 bridgehead atoms. The molecule has 1 aromatic rings. The van der Waals surface area contributed by atoms with E-state index in [9.17, 15) is 18.4 Å². The van der Waals surface area contributed by atoms with Gasteiger partial charge in [-0.15, -0.1) is 0 Å². The summed E-state index contributed by atoms with van der Waals surface area (Å²) in [4.78, 5) is 27.8. The average molecular weight is 311 g/mol. The zero-order valence-electron chi connectivity index (χ0n) is 12.4. The summed E-state index contributed by atoms with van der Waals surface area (Å²) < 4.78 is 25.9. The fourth-order valence-corrected chi connectivity index (χ4v) is 2.32. The van der Waals surface area contributed by atoms with E-state index in [1.54, 1.807) is 4.90 Å². The number of piperazine rings is 1. The summed E-state index contributed by atoms with van der Waals surface area (Å²) in [7, 11) is 0. The Bertz CT molecular complexity index is 558. The Balaban J connectivity index is 1.83. The number of carbonyl (C=O) groups excluding carboxylic acids is 2. The molecule has 2 amide bonds. The average Bonchev–Trinajstić information content (AvgIpc) is 2.54. The maximum atomic E-state index is 13.1. The number of hydrogen-bond donors (Lipinski definition) is 1. The molecule has 0 aliphatic carbocycles. The van der Waals surface area contributed by atoms with E-state index in [2.05, 4.69) is 17.1 Å². The summed E-state index contributed by atoms with van der Waals surface area (Å²) in [5.74, 6) is -2.87. The topological polar surface area (TPSA) is 52.6 Å². The predicted octanol–water partition coefficient (Wildman–Crippen LogP) is 0.859. The van der Waals surface area contributed by atoms with Crippen molar-refractivity contribution in [1.82, 2.24) is 15.1 Å². The Labute approximate surface area is 127 Å². The van der Waals surface area contributed by atoms with Gasteiger partial charge in [0.25, 0.3) is 5.91 Å². The number of likely N-dealkylation sites (N-methyl/N-ethyl adjacent to an activating group) is 1. The SMILES string of the molecule is CCN1CCN(C(=O)CNC(=O)c2ccc(F)c(F)c2)CC1. The highest BCUT2D eigenvalue weighted by Crippen LogP contribution is 2.08. The van der Waals surface area contributed by atoms with Crippen LogP contribution in [0.4, 0.5) is 8.78 Å². The van der Waals surface area contributed by atoms with Crippen molar-refractivity contribution in [2.75, 3.05) is 39.3 Å². The van der Waals surface area contributed by atoms with Crippen LogP contribution in [0.15, 0.2) is 18.2 Å². The fraction of sp³-hybridized carbons (Fsp3) is 0.467.